The molecule has 1 fully saturated rings. The highest BCUT2D eigenvalue weighted by Crippen LogP contribution is 2.34. The third-order valence-corrected chi connectivity index (χ3v) is 4.10. The quantitative estimate of drug-likeness (QED) is 0.825. The van der Waals surface area contributed by atoms with Gasteiger partial charge in [-0.3, -0.25) is 9.18 Å². The van der Waals surface area contributed by atoms with E-state index in [4.69, 9.17) is 11.6 Å². The third-order valence-electron chi connectivity index (χ3n) is 3.82. The summed E-state index contributed by atoms with van der Waals surface area (Å²) < 4.78 is 14.3. The summed E-state index contributed by atoms with van der Waals surface area (Å²) in [6.07, 6.45) is 4.06. The van der Waals surface area contributed by atoms with Crippen LogP contribution in [0.5, 0.6) is 0 Å². The number of allylic oxidation sites excluding steroid dienone is 1. The number of alkyl halides is 1. The van der Waals surface area contributed by atoms with Gasteiger partial charge in [0, 0.05) is 30.2 Å². The summed E-state index contributed by atoms with van der Waals surface area (Å²) in [6, 6.07) is 3.63. The maximum atomic E-state index is 12.5. The molecule has 1 N–H and O–H groups in total. The summed E-state index contributed by atoms with van der Waals surface area (Å²) in [7, 11) is 0. The van der Waals surface area contributed by atoms with Crippen molar-refractivity contribution < 1.29 is 9.18 Å². The van der Waals surface area contributed by atoms with Crippen molar-refractivity contribution in [3.8, 4) is 0 Å². The van der Waals surface area contributed by atoms with Crippen LogP contribution in [0.4, 0.5) is 4.39 Å². The molecule has 1 saturated carbocycles. The number of hydrogen-bond donors (Lipinski definition) is 1. The molecular formula is C16H17ClFN3O. The summed E-state index contributed by atoms with van der Waals surface area (Å²) in [5, 5.41) is 3.92. The molecule has 116 valence electrons. The van der Waals surface area contributed by atoms with Gasteiger partial charge in [0.05, 0.1) is 12.2 Å². The average Bonchev–Trinajstić information content (AvgIpc) is 3.19. The predicted octanol–water partition coefficient (Wildman–Crippen LogP) is 3.70. The number of hydrogen-bond acceptors (Lipinski definition) is 2. The lowest BCUT2D eigenvalue weighted by atomic mass is 10.3. The molecule has 0 atom stereocenters. The predicted molar refractivity (Wildman–Crippen MR) is 84.7 cm³/mol. The van der Waals surface area contributed by atoms with Gasteiger partial charge in [-0.15, -0.1) is 0 Å². The van der Waals surface area contributed by atoms with Gasteiger partial charge in [0.2, 0.25) is 0 Å². The molecule has 1 aliphatic carbocycles. The molecule has 6 heteroatoms. The van der Waals surface area contributed by atoms with E-state index in [0.717, 1.165) is 30.3 Å². The Morgan fingerprint density at radius 1 is 1.55 bits per heavy atom. The van der Waals surface area contributed by atoms with Gasteiger partial charge in [-0.2, -0.15) is 0 Å². The molecule has 1 aliphatic rings. The molecule has 0 radical (unpaired) electrons. The molecule has 0 bridgehead atoms. The molecule has 2 aromatic rings. The number of nitrogens with zero attached hydrogens (tertiary/aromatic N) is 2. The van der Waals surface area contributed by atoms with Crippen molar-refractivity contribution in [3.05, 3.63) is 41.5 Å². The number of fused-ring (bicyclic) bond motifs is 1. The van der Waals surface area contributed by atoms with Crippen molar-refractivity contribution in [1.29, 1.82) is 0 Å². The number of carbonyl (C=O) groups excluding carboxylic acids is 1. The summed E-state index contributed by atoms with van der Waals surface area (Å²) in [5.41, 5.74) is 1.66. The molecule has 2 aromatic heterocycles. The van der Waals surface area contributed by atoms with E-state index >= 15 is 0 Å². The molecular weight excluding hydrogens is 305 g/mol. The van der Waals surface area contributed by atoms with E-state index < -0.39 is 6.67 Å². The first-order chi connectivity index (χ1) is 10.6. The van der Waals surface area contributed by atoms with Gasteiger partial charge < -0.3 is 9.88 Å². The Morgan fingerprint density at radius 3 is 3.00 bits per heavy atom. The number of halogens is 2. The molecule has 0 aromatic carbocycles. The summed E-state index contributed by atoms with van der Waals surface area (Å²) in [4.78, 5) is 16.6. The van der Waals surface area contributed by atoms with Crippen LogP contribution in [-0.2, 0) is 6.54 Å². The van der Waals surface area contributed by atoms with Gasteiger partial charge in [0.15, 0.2) is 5.15 Å². The molecule has 0 saturated heterocycles. The number of nitrogens with one attached hydrogen (secondary N) is 1. The minimum atomic E-state index is -0.542. The van der Waals surface area contributed by atoms with Crippen molar-refractivity contribution in [2.24, 2.45) is 5.92 Å². The highest BCUT2D eigenvalue weighted by molar-refractivity contribution is 6.34. The van der Waals surface area contributed by atoms with Crippen LogP contribution in [0, 0.1) is 5.92 Å². The monoisotopic (exact) mass is 321 g/mol. The Labute approximate surface area is 133 Å². The van der Waals surface area contributed by atoms with Crippen molar-refractivity contribution in [3.63, 3.8) is 0 Å². The molecule has 0 unspecified atom stereocenters. The van der Waals surface area contributed by atoms with Crippen LogP contribution in [0.25, 0.3) is 10.9 Å². The largest absolute Gasteiger partial charge is 0.334 e. The minimum absolute atomic E-state index is 0.122. The smallest absolute Gasteiger partial charge is 0.272 e. The molecule has 3 rings (SSSR count). The van der Waals surface area contributed by atoms with E-state index in [9.17, 15) is 9.18 Å². The van der Waals surface area contributed by atoms with Gasteiger partial charge in [0.25, 0.3) is 5.91 Å². The van der Waals surface area contributed by atoms with Crippen LogP contribution in [0.1, 0.15) is 29.8 Å². The fraction of sp³-hybridized carbons (Fsp3) is 0.375. The molecule has 2 heterocycles. The lowest BCUT2D eigenvalue weighted by Crippen LogP contribution is -2.25. The second-order valence-electron chi connectivity index (χ2n) is 5.62. The van der Waals surface area contributed by atoms with Gasteiger partial charge in [-0.1, -0.05) is 18.2 Å². The Bertz CT molecular complexity index is 736. The van der Waals surface area contributed by atoms with E-state index in [2.05, 4.69) is 16.9 Å². The standard InChI is InChI=1S/C16H17ClFN3O/c1-10(4-6-18)20-16(22)13-8-12-5-7-19-15(17)14(12)21(13)9-11-2-3-11/h5,7-8,11H,1-4,6,9H2,(H,20,22). The zero-order chi connectivity index (χ0) is 15.7. The van der Waals surface area contributed by atoms with E-state index in [1.54, 1.807) is 12.3 Å². The SMILES string of the molecule is C=C(CCF)NC(=O)c1cc2ccnc(Cl)c2n1CC1CC1. The Hall–Kier alpha value is -1.88. The highest BCUT2D eigenvalue weighted by atomic mass is 35.5. The van der Waals surface area contributed by atoms with Crippen molar-refractivity contribution >= 4 is 28.4 Å². The van der Waals surface area contributed by atoms with E-state index in [1.807, 2.05) is 10.6 Å². The van der Waals surface area contributed by atoms with Crippen LogP contribution in [-0.4, -0.2) is 22.1 Å². The van der Waals surface area contributed by atoms with Gasteiger partial charge in [0.1, 0.15) is 5.69 Å². The van der Waals surface area contributed by atoms with Crippen LogP contribution in [0.3, 0.4) is 0 Å². The minimum Gasteiger partial charge on any atom is -0.334 e. The number of rotatable bonds is 6. The number of carbonyl (C=O) groups is 1. The van der Waals surface area contributed by atoms with E-state index in [-0.39, 0.29) is 12.3 Å². The number of pyridine rings is 1. The van der Waals surface area contributed by atoms with E-state index in [0.29, 0.717) is 22.5 Å². The first-order valence-corrected chi connectivity index (χ1v) is 7.66. The second-order valence-corrected chi connectivity index (χ2v) is 5.98. The topological polar surface area (TPSA) is 46.9 Å². The van der Waals surface area contributed by atoms with E-state index in [1.165, 1.54) is 0 Å². The Balaban J connectivity index is 1.98. The normalized spacial score (nSPS) is 14.3. The fourth-order valence-corrected chi connectivity index (χ4v) is 2.78. The van der Waals surface area contributed by atoms with Gasteiger partial charge in [-0.25, -0.2) is 4.98 Å². The molecule has 4 nitrogen and oxygen atoms in total. The molecule has 1 amide bonds. The maximum absolute atomic E-state index is 12.5. The Morgan fingerprint density at radius 2 is 2.32 bits per heavy atom. The summed E-state index contributed by atoms with van der Waals surface area (Å²) in [5.74, 6) is 0.291. The average molecular weight is 322 g/mol. The fourth-order valence-electron chi connectivity index (χ4n) is 2.51. The highest BCUT2D eigenvalue weighted by Gasteiger charge is 2.26. The zero-order valence-corrected chi connectivity index (χ0v) is 12.9. The molecule has 0 spiro atoms. The van der Waals surface area contributed by atoms with Crippen molar-refractivity contribution in [1.82, 2.24) is 14.9 Å². The first kappa shape index (κ1) is 15.0. The maximum Gasteiger partial charge on any atom is 0.272 e. The van der Waals surface area contributed by atoms with Crippen LogP contribution < -0.4 is 5.32 Å². The summed E-state index contributed by atoms with van der Waals surface area (Å²) >= 11 is 6.21. The first-order valence-electron chi connectivity index (χ1n) is 7.29. The van der Waals surface area contributed by atoms with Crippen LogP contribution in [0.2, 0.25) is 5.15 Å². The Kier molecular flexibility index (Phi) is 4.16. The molecule has 0 aliphatic heterocycles. The summed E-state index contributed by atoms with van der Waals surface area (Å²) in [6.45, 7) is 3.87. The third kappa shape index (κ3) is 2.99. The lowest BCUT2D eigenvalue weighted by molar-refractivity contribution is 0.0955. The number of aromatic nitrogens is 2. The van der Waals surface area contributed by atoms with Gasteiger partial charge in [-0.05, 0) is 30.9 Å². The lowest BCUT2D eigenvalue weighted by Gasteiger charge is -2.11. The van der Waals surface area contributed by atoms with Crippen LogP contribution in [0.15, 0.2) is 30.6 Å². The van der Waals surface area contributed by atoms with Crippen molar-refractivity contribution in [2.45, 2.75) is 25.8 Å². The second kappa shape index (κ2) is 6.08. The van der Waals surface area contributed by atoms with Gasteiger partial charge >= 0.3 is 0 Å². The van der Waals surface area contributed by atoms with Crippen molar-refractivity contribution in [2.75, 3.05) is 6.67 Å². The molecule has 22 heavy (non-hydrogen) atoms. The zero-order valence-electron chi connectivity index (χ0n) is 12.1. The number of amides is 1. The van der Waals surface area contributed by atoms with Crippen LogP contribution >= 0.6 is 11.6 Å².